The molecule has 0 aromatic heterocycles. The molecule has 5 nitrogen and oxygen atoms in total. The molecule has 0 bridgehead atoms. The lowest BCUT2D eigenvalue weighted by Gasteiger charge is -2.25. The number of aliphatic hydroxyl groups is 1. The van der Waals surface area contributed by atoms with Gasteiger partial charge in [0.25, 0.3) is 11.7 Å². The van der Waals surface area contributed by atoms with Gasteiger partial charge in [-0.25, -0.2) is 0 Å². The van der Waals surface area contributed by atoms with Crippen LogP contribution in [-0.4, -0.2) is 34.8 Å². The van der Waals surface area contributed by atoms with Crippen molar-refractivity contribution in [2.75, 3.05) is 13.2 Å². The standard InChI is InChI=1S/C29H37NO4/c1-5-7-9-19-34-24-16-14-23(15-17-24)27(31)25-26(22-12-10-21(11-13-22)20(3)4)30(18-8-6-2)29(33)28(25)32/h10-17,20,26,31H,5-9,18-19H2,1-4H3/b27-25-. The summed E-state index contributed by atoms with van der Waals surface area (Å²) < 4.78 is 5.76. The van der Waals surface area contributed by atoms with Crippen LogP contribution in [0.1, 0.15) is 88.4 Å². The van der Waals surface area contributed by atoms with Crippen molar-refractivity contribution >= 4 is 17.4 Å². The van der Waals surface area contributed by atoms with E-state index in [9.17, 15) is 14.7 Å². The number of Topliss-reactive ketones (excluding diaryl/α,β-unsaturated/α-hetero) is 1. The van der Waals surface area contributed by atoms with E-state index in [2.05, 4.69) is 27.7 Å². The highest BCUT2D eigenvalue weighted by Gasteiger charge is 2.45. The Morgan fingerprint density at radius 3 is 2.18 bits per heavy atom. The van der Waals surface area contributed by atoms with Crippen molar-refractivity contribution in [3.8, 4) is 5.75 Å². The first-order chi connectivity index (χ1) is 16.4. The van der Waals surface area contributed by atoms with Crippen molar-refractivity contribution in [1.82, 2.24) is 4.90 Å². The second kappa shape index (κ2) is 11.9. The molecule has 0 aliphatic carbocycles. The summed E-state index contributed by atoms with van der Waals surface area (Å²) in [5, 5.41) is 11.2. The Morgan fingerprint density at radius 2 is 1.59 bits per heavy atom. The van der Waals surface area contributed by atoms with Gasteiger partial charge in [-0.15, -0.1) is 0 Å². The Kier molecular flexibility index (Phi) is 8.91. The maximum absolute atomic E-state index is 13.1. The molecule has 1 amide bonds. The van der Waals surface area contributed by atoms with E-state index in [1.807, 2.05) is 24.3 Å². The number of ketones is 1. The number of hydrogen-bond donors (Lipinski definition) is 1. The van der Waals surface area contributed by atoms with Crippen LogP contribution in [0.25, 0.3) is 5.76 Å². The van der Waals surface area contributed by atoms with Gasteiger partial charge in [0.1, 0.15) is 11.5 Å². The highest BCUT2D eigenvalue weighted by molar-refractivity contribution is 6.46. The minimum absolute atomic E-state index is 0.146. The van der Waals surface area contributed by atoms with Gasteiger partial charge in [0, 0.05) is 12.1 Å². The quantitative estimate of drug-likeness (QED) is 0.176. The Balaban J connectivity index is 1.96. The van der Waals surface area contributed by atoms with Gasteiger partial charge in [0.2, 0.25) is 0 Å². The predicted molar refractivity (Wildman–Crippen MR) is 136 cm³/mol. The smallest absolute Gasteiger partial charge is 0.295 e. The van der Waals surface area contributed by atoms with Crippen molar-refractivity contribution in [2.45, 2.75) is 71.8 Å². The summed E-state index contributed by atoms with van der Waals surface area (Å²) >= 11 is 0. The fraction of sp³-hybridized carbons (Fsp3) is 0.448. The maximum Gasteiger partial charge on any atom is 0.295 e. The molecule has 182 valence electrons. The lowest BCUT2D eigenvalue weighted by atomic mass is 9.93. The summed E-state index contributed by atoms with van der Waals surface area (Å²) in [6.45, 7) is 9.57. The van der Waals surface area contributed by atoms with Crippen molar-refractivity contribution in [1.29, 1.82) is 0 Å². The molecule has 2 aromatic rings. The highest BCUT2D eigenvalue weighted by Crippen LogP contribution is 2.40. The summed E-state index contributed by atoms with van der Waals surface area (Å²) in [6.07, 6.45) is 4.94. The molecule has 1 aliphatic heterocycles. The van der Waals surface area contributed by atoms with Crippen molar-refractivity contribution in [3.63, 3.8) is 0 Å². The van der Waals surface area contributed by atoms with E-state index in [1.54, 1.807) is 29.2 Å². The number of rotatable bonds is 11. The average Bonchev–Trinajstić information content (AvgIpc) is 3.10. The van der Waals surface area contributed by atoms with Crippen molar-refractivity contribution < 1.29 is 19.4 Å². The van der Waals surface area contributed by atoms with Gasteiger partial charge in [-0.2, -0.15) is 0 Å². The van der Waals surface area contributed by atoms with Crippen LogP contribution in [0.15, 0.2) is 54.1 Å². The van der Waals surface area contributed by atoms with Crippen LogP contribution in [0.4, 0.5) is 0 Å². The lowest BCUT2D eigenvalue weighted by Crippen LogP contribution is -2.30. The van der Waals surface area contributed by atoms with E-state index in [4.69, 9.17) is 4.74 Å². The van der Waals surface area contributed by atoms with Crippen molar-refractivity contribution in [2.24, 2.45) is 0 Å². The number of carbonyl (C=O) groups excluding carboxylic acids is 2. The van der Waals surface area contributed by atoms with Crippen molar-refractivity contribution in [3.05, 3.63) is 70.8 Å². The lowest BCUT2D eigenvalue weighted by molar-refractivity contribution is -0.139. The Bertz CT molecular complexity index is 1010. The number of nitrogens with zero attached hydrogens (tertiary/aromatic N) is 1. The number of hydrogen-bond acceptors (Lipinski definition) is 4. The molecule has 1 heterocycles. The van der Waals surface area contributed by atoms with E-state index >= 15 is 0 Å². The molecule has 1 unspecified atom stereocenters. The summed E-state index contributed by atoms with van der Waals surface area (Å²) in [5.74, 6) is -0.233. The maximum atomic E-state index is 13.1. The van der Waals surface area contributed by atoms with E-state index in [-0.39, 0.29) is 11.3 Å². The highest BCUT2D eigenvalue weighted by atomic mass is 16.5. The largest absolute Gasteiger partial charge is 0.507 e. The second-order valence-electron chi connectivity index (χ2n) is 9.25. The average molecular weight is 464 g/mol. The molecule has 2 aromatic carbocycles. The number of carbonyl (C=O) groups is 2. The Morgan fingerprint density at radius 1 is 0.941 bits per heavy atom. The van der Waals surface area contributed by atoms with Gasteiger partial charge >= 0.3 is 0 Å². The third kappa shape index (κ3) is 5.69. The van der Waals surface area contributed by atoms with Crippen LogP contribution in [0.3, 0.4) is 0 Å². The first kappa shape index (κ1) is 25.5. The first-order valence-electron chi connectivity index (χ1n) is 12.5. The number of likely N-dealkylation sites (tertiary alicyclic amines) is 1. The molecule has 3 rings (SSSR count). The van der Waals surface area contributed by atoms with Crippen LogP contribution in [0, 0.1) is 0 Å². The molecule has 1 saturated heterocycles. The Hall–Kier alpha value is -3.08. The van der Waals surface area contributed by atoms with E-state index in [1.165, 1.54) is 5.56 Å². The van der Waals surface area contributed by atoms with Gasteiger partial charge in [0.15, 0.2) is 0 Å². The van der Waals surface area contributed by atoms with Crippen LogP contribution >= 0.6 is 0 Å². The summed E-state index contributed by atoms with van der Waals surface area (Å²) in [6, 6.07) is 14.5. The molecular formula is C29H37NO4. The third-order valence-corrected chi connectivity index (χ3v) is 6.36. The molecule has 1 aliphatic rings. The zero-order chi connectivity index (χ0) is 24.7. The van der Waals surface area contributed by atoms with Crippen LogP contribution in [0.5, 0.6) is 5.75 Å². The molecule has 0 spiro atoms. The minimum atomic E-state index is -0.633. The molecule has 0 saturated carbocycles. The molecule has 34 heavy (non-hydrogen) atoms. The molecule has 0 radical (unpaired) electrons. The second-order valence-corrected chi connectivity index (χ2v) is 9.25. The molecule has 1 atom stereocenters. The third-order valence-electron chi connectivity index (χ3n) is 6.36. The number of unbranched alkanes of at least 4 members (excludes halogenated alkanes) is 3. The number of amides is 1. The predicted octanol–water partition coefficient (Wildman–Crippen LogP) is 6.60. The van der Waals surface area contributed by atoms with Crippen LogP contribution in [0.2, 0.25) is 0 Å². The van der Waals surface area contributed by atoms with E-state index in [0.717, 1.165) is 43.4 Å². The van der Waals surface area contributed by atoms with Gasteiger partial charge in [0.05, 0.1) is 18.2 Å². The minimum Gasteiger partial charge on any atom is -0.507 e. The zero-order valence-electron chi connectivity index (χ0n) is 20.8. The number of ether oxygens (including phenoxy) is 1. The number of aliphatic hydroxyl groups excluding tert-OH is 1. The van der Waals surface area contributed by atoms with Gasteiger partial charge in [-0.05, 0) is 54.2 Å². The van der Waals surface area contributed by atoms with Gasteiger partial charge in [-0.1, -0.05) is 71.2 Å². The molecule has 1 N–H and O–H groups in total. The topological polar surface area (TPSA) is 66.8 Å². The molecular weight excluding hydrogens is 426 g/mol. The molecule has 1 fully saturated rings. The Labute approximate surface area is 203 Å². The van der Waals surface area contributed by atoms with E-state index in [0.29, 0.717) is 24.6 Å². The summed E-state index contributed by atoms with van der Waals surface area (Å²) in [7, 11) is 0. The SMILES string of the molecule is CCCCCOc1ccc(/C(O)=C2/C(=O)C(=O)N(CCCC)C2c2ccc(C(C)C)cc2)cc1. The van der Waals surface area contributed by atoms with Gasteiger partial charge < -0.3 is 14.7 Å². The number of benzene rings is 2. The normalized spacial score (nSPS) is 17.6. The van der Waals surface area contributed by atoms with E-state index < -0.39 is 17.7 Å². The zero-order valence-corrected chi connectivity index (χ0v) is 20.8. The summed E-state index contributed by atoms with van der Waals surface area (Å²) in [5.41, 5.74) is 2.66. The van der Waals surface area contributed by atoms with Crippen LogP contribution < -0.4 is 4.74 Å². The monoisotopic (exact) mass is 463 g/mol. The molecule has 5 heteroatoms. The van der Waals surface area contributed by atoms with Crippen LogP contribution in [-0.2, 0) is 9.59 Å². The fourth-order valence-corrected chi connectivity index (χ4v) is 4.26. The fourth-order valence-electron chi connectivity index (χ4n) is 4.26. The summed E-state index contributed by atoms with van der Waals surface area (Å²) in [4.78, 5) is 27.6. The first-order valence-corrected chi connectivity index (χ1v) is 12.5. The van der Waals surface area contributed by atoms with Gasteiger partial charge in [-0.3, -0.25) is 9.59 Å².